The SMILES string of the molecule is CCc1ccccc1-c1cc2c3ccccc3n(-c3ccc(-c4ccc5sc6ccccc6c5c4)cc3)c2cc1CC. The molecule has 8 aromatic rings. The number of benzene rings is 6. The molecule has 0 bridgehead atoms. The number of rotatable bonds is 5. The Hall–Kier alpha value is -4.66. The van der Waals surface area contributed by atoms with Gasteiger partial charge in [-0.1, -0.05) is 92.7 Å². The molecule has 2 aromatic heterocycles. The second kappa shape index (κ2) is 10.0. The lowest BCUT2D eigenvalue weighted by molar-refractivity contribution is 1.11. The second-order valence-corrected chi connectivity index (χ2v) is 12.2. The summed E-state index contributed by atoms with van der Waals surface area (Å²) in [5.41, 5.74) is 11.7. The molecule has 1 nitrogen and oxygen atoms in total. The number of aromatic nitrogens is 1. The number of para-hydroxylation sites is 1. The summed E-state index contributed by atoms with van der Waals surface area (Å²) < 4.78 is 5.13. The van der Waals surface area contributed by atoms with E-state index < -0.39 is 0 Å². The largest absolute Gasteiger partial charge is 0.309 e. The first-order chi connectivity index (χ1) is 20.7. The van der Waals surface area contributed by atoms with Gasteiger partial charge in [-0.2, -0.15) is 0 Å². The standard InChI is InChI=1S/C40H31NS/c1-3-26-11-5-6-12-31(26)34-25-35-32-13-7-9-15-37(32)41(38(35)24-27(34)4-2)30-20-17-28(18-21-30)29-19-22-40-36(23-29)33-14-8-10-16-39(33)42-40/h5-25H,3-4H2,1-2H3. The van der Waals surface area contributed by atoms with E-state index in [1.807, 2.05) is 11.3 Å². The van der Waals surface area contributed by atoms with Crippen LogP contribution in [-0.2, 0) is 12.8 Å². The predicted octanol–water partition coefficient (Wildman–Crippen LogP) is 11.6. The van der Waals surface area contributed by atoms with Gasteiger partial charge >= 0.3 is 0 Å². The minimum Gasteiger partial charge on any atom is -0.309 e. The fourth-order valence-electron chi connectivity index (χ4n) is 6.68. The molecule has 0 unspecified atom stereocenters. The molecule has 0 aliphatic rings. The molecule has 0 spiro atoms. The summed E-state index contributed by atoms with van der Waals surface area (Å²) in [5.74, 6) is 0. The fourth-order valence-corrected chi connectivity index (χ4v) is 7.77. The smallest absolute Gasteiger partial charge is 0.0544 e. The molecule has 2 heteroatoms. The quantitative estimate of drug-likeness (QED) is 0.198. The van der Waals surface area contributed by atoms with Crippen LogP contribution in [0.15, 0.2) is 127 Å². The van der Waals surface area contributed by atoms with Crippen molar-refractivity contribution in [3.8, 4) is 27.9 Å². The van der Waals surface area contributed by atoms with E-state index in [4.69, 9.17) is 0 Å². The van der Waals surface area contributed by atoms with Gasteiger partial charge in [0.25, 0.3) is 0 Å². The molecular weight excluding hydrogens is 527 g/mol. The van der Waals surface area contributed by atoms with Crippen molar-refractivity contribution in [3.05, 3.63) is 139 Å². The number of aryl methyl sites for hydroxylation is 2. The summed E-state index contributed by atoms with van der Waals surface area (Å²) >= 11 is 1.87. The molecule has 0 amide bonds. The minimum atomic E-state index is 0.990. The number of hydrogen-bond acceptors (Lipinski definition) is 1. The van der Waals surface area contributed by atoms with Gasteiger partial charge in [-0.3, -0.25) is 0 Å². The first-order valence-electron chi connectivity index (χ1n) is 14.9. The van der Waals surface area contributed by atoms with Crippen LogP contribution < -0.4 is 0 Å². The van der Waals surface area contributed by atoms with Gasteiger partial charge in [0, 0.05) is 36.6 Å². The molecular formula is C40H31NS. The molecule has 0 fully saturated rings. The minimum absolute atomic E-state index is 0.990. The monoisotopic (exact) mass is 557 g/mol. The Kier molecular flexibility index (Phi) is 5.98. The maximum absolute atomic E-state index is 2.44. The second-order valence-electron chi connectivity index (χ2n) is 11.1. The first-order valence-corrected chi connectivity index (χ1v) is 15.7. The zero-order chi connectivity index (χ0) is 28.2. The fraction of sp³-hybridized carbons (Fsp3) is 0.100. The van der Waals surface area contributed by atoms with E-state index in [-0.39, 0.29) is 0 Å². The van der Waals surface area contributed by atoms with E-state index in [0.717, 1.165) is 12.8 Å². The lowest BCUT2D eigenvalue weighted by atomic mass is 9.91. The first kappa shape index (κ1) is 25.1. The van der Waals surface area contributed by atoms with Crippen LogP contribution in [-0.4, -0.2) is 4.57 Å². The Bertz CT molecular complexity index is 2260. The Morgan fingerprint density at radius 3 is 2.00 bits per heavy atom. The summed E-state index contributed by atoms with van der Waals surface area (Å²) in [6.07, 6.45) is 2.02. The highest BCUT2D eigenvalue weighted by atomic mass is 32.1. The predicted molar refractivity (Wildman–Crippen MR) is 183 cm³/mol. The summed E-state index contributed by atoms with van der Waals surface area (Å²) in [5, 5.41) is 5.29. The van der Waals surface area contributed by atoms with Crippen LogP contribution in [0.5, 0.6) is 0 Å². The number of hydrogen-bond donors (Lipinski definition) is 0. The number of thiophene rings is 1. The van der Waals surface area contributed by atoms with Crippen LogP contribution in [0.25, 0.3) is 69.9 Å². The normalized spacial score (nSPS) is 11.8. The van der Waals surface area contributed by atoms with E-state index in [1.165, 1.54) is 81.0 Å². The molecule has 0 saturated heterocycles. The summed E-state index contributed by atoms with van der Waals surface area (Å²) in [6.45, 7) is 4.52. The van der Waals surface area contributed by atoms with Gasteiger partial charge in [0.05, 0.1) is 11.0 Å². The van der Waals surface area contributed by atoms with Crippen molar-refractivity contribution in [3.63, 3.8) is 0 Å². The third-order valence-corrected chi connectivity index (χ3v) is 9.95. The van der Waals surface area contributed by atoms with Crippen LogP contribution >= 0.6 is 11.3 Å². The van der Waals surface area contributed by atoms with E-state index in [0.29, 0.717) is 0 Å². The van der Waals surface area contributed by atoms with Gasteiger partial charge in [-0.05, 0) is 94.8 Å². The molecule has 0 aliphatic heterocycles. The Balaban J connectivity index is 1.28. The molecule has 0 radical (unpaired) electrons. The van der Waals surface area contributed by atoms with E-state index in [2.05, 4.69) is 146 Å². The zero-order valence-corrected chi connectivity index (χ0v) is 24.7. The van der Waals surface area contributed by atoms with Crippen molar-refractivity contribution >= 4 is 53.3 Å². The van der Waals surface area contributed by atoms with Crippen LogP contribution in [0, 0.1) is 0 Å². The number of fused-ring (bicyclic) bond motifs is 6. The van der Waals surface area contributed by atoms with Crippen molar-refractivity contribution < 1.29 is 0 Å². The maximum Gasteiger partial charge on any atom is 0.0544 e. The van der Waals surface area contributed by atoms with Gasteiger partial charge in [0.15, 0.2) is 0 Å². The third-order valence-electron chi connectivity index (χ3n) is 8.80. The molecule has 6 aromatic carbocycles. The van der Waals surface area contributed by atoms with Crippen LogP contribution in [0.4, 0.5) is 0 Å². The van der Waals surface area contributed by atoms with Gasteiger partial charge < -0.3 is 4.57 Å². The van der Waals surface area contributed by atoms with Gasteiger partial charge in [0.1, 0.15) is 0 Å². The lowest BCUT2D eigenvalue weighted by Gasteiger charge is -2.14. The Morgan fingerprint density at radius 2 is 1.17 bits per heavy atom. The van der Waals surface area contributed by atoms with Gasteiger partial charge in [-0.25, -0.2) is 0 Å². The highest BCUT2D eigenvalue weighted by Gasteiger charge is 2.17. The van der Waals surface area contributed by atoms with Crippen LogP contribution in [0.1, 0.15) is 25.0 Å². The van der Waals surface area contributed by atoms with Crippen molar-refractivity contribution in [1.82, 2.24) is 4.57 Å². The zero-order valence-electron chi connectivity index (χ0n) is 23.9. The van der Waals surface area contributed by atoms with Crippen LogP contribution in [0.2, 0.25) is 0 Å². The highest BCUT2D eigenvalue weighted by Crippen LogP contribution is 2.39. The molecule has 0 atom stereocenters. The molecule has 8 rings (SSSR count). The van der Waals surface area contributed by atoms with Gasteiger partial charge in [0.2, 0.25) is 0 Å². The van der Waals surface area contributed by atoms with Gasteiger partial charge in [-0.15, -0.1) is 11.3 Å². The van der Waals surface area contributed by atoms with Crippen LogP contribution in [0.3, 0.4) is 0 Å². The van der Waals surface area contributed by atoms with Crippen molar-refractivity contribution in [2.24, 2.45) is 0 Å². The highest BCUT2D eigenvalue weighted by molar-refractivity contribution is 7.25. The van der Waals surface area contributed by atoms with E-state index >= 15 is 0 Å². The number of nitrogens with zero attached hydrogens (tertiary/aromatic N) is 1. The Morgan fingerprint density at radius 1 is 0.476 bits per heavy atom. The van der Waals surface area contributed by atoms with Crippen molar-refractivity contribution in [1.29, 1.82) is 0 Å². The summed E-state index contributed by atoms with van der Waals surface area (Å²) in [6, 6.07) is 47.3. The maximum atomic E-state index is 2.44. The van der Waals surface area contributed by atoms with Crippen molar-refractivity contribution in [2.75, 3.05) is 0 Å². The van der Waals surface area contributed by atoms with E-state index in [9.17, 15) is 0 Å². The molecule has 2 heterocycles. The lowest BCUT2D eigenvalue weighted by Crippen LogP contribution is -1.96. The average molecular weight is 558 g/mol. The summed E-state index contributed by atoms with van der Waals surface area (Å²) in [7, 11) is 0. The third kappa shape index (κ3) is 3.90. The average Bonchev–Trinajstić information content (AvgIpc) is 3.59. The summed E-state index contributed by atoms with van der Waals surface area (Å²) in [4.78, 5) is 0. The molecule has 0 aliphatic carbocycles. The molecule has 0 N–H and O–H groups in total. The van der Waals surface area contributed by atoms with E-state index in [1.54, 1.807) is 0 Å². The molecule has 202 valence electrons. The topological polar surface area (TPSA) is 4.93 Å². The van der Waals surface area contributed by atoms with Crippen molar-refractivity contribution in [2.45, 2.75) is 26.7 Å². The Labute approximate surface area is 250 Å². The molecule has 0 saturated carbocycles. The molecule has 42 heavy (non-hydrogen) atoms.